The summed E-state index contributed by atoms with van der Waals surface area (Å²) in [6, 6.07) is 1.04. The van der Waals surface area contributed by atoms with Crippen LogP contribution in [0.2, 0.25) is 5.02 Å². The molecule has 2 fully saturated rings. The summed E-state index contributed by atoms with van der Waals surface area (Å²) in [5.41, 5.74) is -0.209. The summed E-state index contributed by atoms with van der Waals surface area (Å²) in [7, 11) is 7.09. The SMILES string of the molecule is C#CC1(C(=O)N[C@@H](CC)C(=O)N[C@@H](CCCCN(C)C)C(=O)N(C)[C@H]2CCCCN(C)C(=O)[C@@H](CC)NC(=O)[C@H](Cc3cccc(Cl)c3)N(CC)C(=O)[C@H](CC(C)C)NC2=O)CC1. The normalized spacial score (nSPS) is 22.1. The second kappa shape index (κ2) is 25.0. The van der Waals surface area contributed by atoms with E-state index in [0.29, 0.717) is 55.7 Å². The van der Waals surface area contributed by atoms with E-state index in [1.807, 2.05) is 45.8 Å². The molecule has 6 atom stereocenters. The van der Waals surface area contributed by atoms with Crippen LogP contribution in [0.5, 0.6) is 0 Å². The fourth-order valence-electron chi connectivity index (χ4n) is 8.01. The summed E-state index contributed by atoms with van der Waals surface area (Å²) in [5, 5.41) is 12.1. The molecule has 0 radical (unpaired) electrons. The third-order valence-electron chi connectivity index (χ3n) is 12.1. The molecule has 1 aromatic carbocycles. The second-order valence-corrected chi connectivity index (χ2v) is 18.3. The van der Waals surface area contributed by atoms with Crippen LogP contribution in [-0.4, -0.2) is 145 Å². The first-order valence-corrected chi connectivity index (χ1v) is 23.1. The lowest BCUT2D eigenvalue weighted by Gasteiger charge is -2.36. The average molecular weight is 898 g/mol. The Bertz CT molecular complexity index is 1800. The zero-order valence-corrected chi connectivity index (χ0v) is 39.8. The van der Waals surface area contributed by atoms with Crippen molar-refractivity contribution in [1.29, 1.82) is 0 Å². The molecule has 1 aromatic rings. The number of nitrogens with one attached hydrogen (secondary N) is 4. The predicted molar refractivity (Wildman–Crippen MR) is 245 cm³/mol. The third-order valence-corrected chi connectivity index (χ3v) is 12.4. The maximum atomic E-state index is 14.8. The van der Waals surface area contributed by atoms with E-state index in [-0.39, 0.29) is 56.4 Å². The van der Waals surface area contributed by atoms with Crippen LogP contribution >= 0.6 is 11.6 Å². The van der Waals surface area contributed by atoms with Gasteiger partial charge < -0.3 is 40.9 Å². The van der Waals surface area contributed by atoms with Gasteiger partial charge in [0.15, 0.2) is 0 Å². The van der Waals surface area contributed by atoms with Crippen LogP contribution in [0.25, 0.3) is 0 Å². The monoisotopic (exact) mass is 897 g/mol. The Balaban J connectivity index is 2.04. The van der Waals surface area contributed by atoms with Crippen LogP contribution in [0, 0.1) is 23.7 Å². The van der Waals surface area contributed by atoms with Crippen molar-refractivity contribution in [2.24, 2.45) is 11.3 Å². The molecule has 63 heavy (non-hydrogen) atoms. The Morgan fingerprint density at radius 1 is 0.952 bits per heavy atom. The van der Waals surface area contributed by atoms with Gasteiger partial charge in [-0.1, -0.05) is 57.3 Å². The molecule has 0 unspecified atom stereocenters. The Labute approximate surface area is 380 Å². The van der Waals surface area contributed by atoms with Crippen molar-refractivity contribution in [3.05, 3.63) is 34.9 Å². The quantitative estimate of drug-likeness (QED) is 0.128. The minimum absolute atomic E-state index is 0.0524. The van der Waals surface area contributed by atoms with Gasteiger partial charge in [-0.15, -0.1) is 6.42 Å². The van der Waals surface area contributed by atoms with Gasteiger partial charge in [0.05, 0.1) is 0 Å². The van der Waals surface area contributed by atoms with Gasteiger partial charge in [0.25, 0.3) is 0 Å². The first-order chi connectivity index (χ1) is 29.8. The van der Waals surface area contributed by atoms with Crippen LogP contribution in [0.4, 0.5) is 0 Å². The van der Waals surface area contributed by atoms with E-state index in [9.17, 15) is 33.6 Å². The van der Waals surface area contributed by atoms with Gasteiger partial charge in [0.2, 0.25) is 41.4 Å². The van der Waals surface area contributed by atoms with Gasteiger partial charge in [-0.25, -0.2) is 0 Å². The molecule has 1 aliphatic heterocycles. The molecule has 16 heteroatoms. The third kappa shape index (κ3) is 15.2. The Morgan fingerprint density at radius 3 is 2.21 bits per heavy atom. The van der Waals surface area contributed by atoms with Crippen LogP contribution in [-0.2, 0) is 40.0 Å². The number of unbranched alkanes of at least 4 members (excludes halogenated alkanes) is 1. The first-order valence-electron chi connectivity index (χ1n) is 22.7. The molecule has 7 amide bonds. The van der Waals surface area contributed by atoms with Gasteiger partial charge in [-0.3, -0.25) is 33.6 Å². The molecule has 1 heterocycles. The summed E-state index contributed by atoms with van der Waals surface area (Å²) >= 11 is 6.34. The summed E-state index contributed by atoms with van der Waals surface area (Å²) in [5.74, 6) is -0.735. The average Bonchev–Trinajstić information content (AvgIpc) is 4.05. The van der Waals surface area contributed by atoms with Crippen molar-refractivity contribution < 1.29 is 33.6 Å². The molecular formula is C47H73ClN8O7. The Hall–Kier alpha value is -4.68. The van der Waals surface area contributed by atoms with E-state index in [1.165, 1.54) is 16.8 Å². The molecule has 1 saturated heterocycles. The number of terminal acetylenes is 1. The van der Waals surface area contributed by atoms with E-state index in [0.717, 1.165) is 13.0 Å². The number of halogens is 1. The summed E-state index contributed by atoms with van der Waals surface area (Å²) in [6.07, 6.45) is 10.4. The number of hydrogen-bond donors (Lipinski definition) is 4. The van der Waals surface area contributed by atoms with E-state index in [4.69, 9.17) is 18.0 Å². The smallest absolute Gasteiger partial charge is 0.245 e. The molecular weight excluding hydrogens is 824 g/mol. The second-order valence-electron chi connectivity index (χ2n) is 17.9. The number of hydrogen-bond acceptors (Lipinski definition) is 8. The molecule has 3 rings (SSSR count). The van der Waals surface area contributed by atoms with Gasteiger partial charge in [0.1, 0.15) is 41.7 Å². The van der Waals surface area contributed by atoms with Crippen LogP contribution in [0.3, 0.4) is 0 Å². The first kappa shape index (κ1) is 52.7. The number of carbonyl (C=O) groups is 7. The van der Waals surface area contributed by atoms with Crippen molar-refractivity contribution in [3.63, 3.8) is 0 Å². The highest BCUT2D eigenvalue weighted by molar-refractivity contribution is 6.30. The van der Waals surface area contributed by atoms with Gasteiger partial charge in [0, 0.05) is 38.6 Å². The standard InChI is InChI=1S/C47H73ClN8O7/c1-11-34(52-46(63)47(13-3)24-25-47)40(57)50-36(22-15-17-26-53(7)8)44(61)55(10)38-23-16-18-27-54(9)43(60)35(12-2)49-42(59)39(30-32-20-19-21-33(48)29-32)56(14-4)45(62)37(28-31(5)6)51-41(38)58/h3,19-21,29,31,34-39H,11-12,14-18,22-28,30H2,1-2,4-10H3,(H,49,59)(H,50,57)(H,51,58)(H,52,63)/t34-,35+,36-,37-,38-,39-/m0/s1. The molecule has 4 N–H and O–H groups in total. The van der Waals surface area contributed by atoms with Crippen molar-refractivity contribution in [1.82, 2.24) is 40.9 Å². The van der Waals surface area contributed by atoms with Crippen molar-refractivity contribution in [3.8, 4) is 12.3 Å². The maximum absolute atomic E-state index is 14.8. The summed E-state index contributed by atoms with van der Waals surface area (Å²) < 4.78 is 0. The minimum atomic E-state index is -1.06. The zero-order chi connectivity index (χ0) is 47.0. The molecule has 2 aliphatic rings. The van der Waals surface area contributed by atoms with Gasteiger partial charge in [-0.2, -0.15) is 0 Å². The lowest BCUT2D eigenvalue weighted by molar-refractivity contribution is -0.146. The number of amides is 7. The van der Waals surface area contributed by atoms with Gasteiger partial charge in [-0.05, 0) is 122 Å². The van der Waals surface area contributed by atoms with E-state index >= 15 is 0 Å². The van der Waals surface area contributed by atoms with Crippen molar-refractivity contribution >= 4 is 53.0 Å². The van der Waals surface area contributed by atoms with Gasteiger partial charge >= 0.3 is 0 Å². The molecule has 1 saturated carbocycles. The van der Waals surface area contributed by atoms with E-state index < -0.39 is 71.2 Å². The minimum Gasteiger partial charge on any atom is -0.344 e. The highest BCUT2D eigenvalue weighted by atomic mass is 35.5. The zero-order valence-electron chi connectivity index (χ0n) is 39.1. The fraction of sp³-hybridized carbons (Fsp3) is 0.681. The lowest BCUT2D eigenvalue weighted by atomic mass is 9.97. The fourth-order valence-corrected chi connectivity index (χ4v) is 8.22. The maximum Gasteiger partial charge on any atom is 0.245 e. The molecule has 0 bridgehead atoms. The summed E-state index contributed by atoms with van der Waals surface area (Å²) in [4.78, 5) is 105. The van der Waals surface area contributed by atoms with Crippen molar-refractivity contribution in [2.45, 2.75) is 148 Å². The predicted octanol–water partition coefficient (Wildman–Crippen LogP) is 3.52. The Kier molecular flexibility index (Phi) is 20.9. The van der Waals surface area contributed by atoms with E-state index in [2.05, 4.69) is 27.2 Å². The molecule has 350 valence electrons. The van der Waals surface area contributed by atoms with Crippen LogP contribution < -0.4 is 21.3 Å². The number of likely N-dealkylation sites (N-methyl/N-ethyl adjacent to an activating group) is 3. The topological polar surface area (TPSA) is 181 Å². The molecule has 1 aliphatic carbocycles. The number of rotatable bonds is 18. The van der Waals surface area contributed by atoms with Crippen LogP contribution in [0.1, 0.15) is 111 Å². The lowest BCUT2D eigenvalue weighted by Crippen LogP contribution is -2.61. The number of benzene rings is 1. The highest BCUT2D eigenvalue weighted by Crippen LogP contribution is 2.45. The summed E-state index contributed by atoms with van der Waals surface area (Å²) in [6.45, 7) is 10.4. The van der Waals surface area contributed by atoms with E-state index in [1.54, 1.807) is 44.0 Å². The highest BCUT2D eigenvalue weighted by Gasteiger charge is 2.49. The number of carbonyl (C=O) groups excluding carboxylic acids is 7. The Morgan fingerprint density at radius 2 is 1.63 bits per heavy atom. The molecule has 15 nitrogen and oxygen atoms in total. The largest absolute Gasteiger partial charge is 0.344 e. The van der Waals surface area contributed by atoms with Crippen LogP contribution in [0.15, 0.2) is 24.3 Å². The number of nitrogens with zero attached hydrogens (tertiary/aromatic N) is 4. The molecule has 0 aromatic heterocycles. The van der Waals surface area contributed by atoms with Crippen molar-refractivity contribution in [2.75, 3.05) is 47.8 Å². The molecule has 0 spiro atoms.